The Hall–Kier alpha value is -1.47. The molecule has 1 N–H and O–H groups in total. The number of ether oxygens (including phenoxy) is 1. The minimum absolute atomic E-state index is 0.133. The summed E-state index contributed by atoms with van der Waals surface area (Å²) in [6, 6.07) is 5.59. The van der Waals surface area contributed by atoms with Gasteiger partial charge in [-0.25, -0.2) is 4.98 Å². The van der Waals surface area contributed by atoms with Gasteiger partial charge in [0.25, 0.3) is 5.56 Å². The van der Waals surface area contributed by atoms with Gasteiger partial charge in [0.2, 0.25) is 0 Å². The highest BCUT2D eigenvalue weighted by molar-refractivity contribution is 6.31. The lowest BCUT2D eigenvalue weighted by molar-refractivity contribution is -0.106. The molecule has 0 spiro atoms. The molecule has 0 radical (unpaired) electrons. The minimum atomic E-state index is -0.133. The summed E-state index contributed by atoms with van der Waals surface area (Å²) in [6.07, 6.45) is 1.34. The molecule has 2 saturated heterocycles. The third-order valence-corrected chi connectivity index (χ3v) is 5.54. The molecule has 2 fully saturated rings. The van der Waals surface area contributed by atoms with E-state index < -0.39 is 0 Å². The van der Waals surface area contributed by atoms with Gasteiger partial charge in [-0.15, -0.1) is 0 Å². The van der Waals surface area contributed by atoms with Crippen molar-refractivity contribution in [1.82, 2.24) is 19.8 Å². The molecule has 2 aliphatic rings. The molecule has 25 heavy (non-hydrogen) atoms. The maximum atomic E-state index is 12.4. The Morgan fingerprint density at radius 3 is 3.12 bits per heavy atom. The molecule has 1 aromatic carbocycles. The van der Waals surface area contributed by atoms with E-state index in [1.54, 1.807) is 18.2 Å². The fourth-order valence-electron chi connectivity index (χ4n) is 3.92. The van der Waals surface area contributed by atoms with E-state index in [0.717, 1.165) is 39.2 Å². The van der Waals surface area contributed by atoms with Gasteiger partial charge in [-0.1, -0.05) is 18.5 Å². The summed E-state index contributed by atoms with van der Waals surface area (Å²) >= 11 is 5.98. The Morgan fingerprint density at radius 2 is 2.28 bits per heavy atom. The highest BCUT2D eigenvalue weighted by Crippen LogP contribution is 2.24. The van der Waals surface area contributed by atoms with Crippen molar-refractivity contribution in [3.05, 3.63) is 39.4 Å². The van der Waals surface area contributed by atoms with Crippen LogP contribution in [0.3, 0.4) is 0 Å². The number of likely N-dealkylation sites (N-methyl/N-ethyl adjacent to an activating group) is 1. The van der Waals surface area contributed by atoms with E-state index in [1.807, 2.05) is 0 Å². The summed E-state index contributed by atoms with van der Waals surface area (Å²) in [6.45, 7) is 7.59. The second-order valence-electron chi connectivity index (χ2n) is 6.80. The monoisotopic (exact) mass is 362 g/mol. The molecule has 0 saturated carbocycles. The molecule has 2 aliphatic heterocycles. The van der Waals surface area contributed by atoms with Crippen LogP contribution in [0.1, 0.15) is 19.2 Å². The lowest BCUT2D eigenvalue weighted by Crippen LogP contribution is -2.59. The number of aromatic nitrogens is 2. The smallest absolute Gasteiger partial charge is 0.258 e. The first-order valence-electron chi connectivity index (χ1n) is 8.90. The molecule has 0 amide bonds. The van der Waals surface area contributed by atoms with Gasteiger partial charge < -0.3 is 14.6 Å². The van der Waals surface area contributed by atoms with Crippen LogP contribution in [0.5, 0.6) is 0 Å². The largest absolute Gasteiger partial charge is 0.375 e. The summed E-state index contributed by atoms with van der Waals surface area (Å²) < 4.78 is 5.97. The Balaban J connectivity index is 1.59. The van der Waals surface area contributed by atoms with Gasteiger partial charge in [0, 0.05) is 30.7 Å². The first-order chi connectivity index (χ1) is 12.1. The number of benzene rings is 1. The third-order valence-electron chi connectivity index (χ3n) is 5.30. The number of piperidine rings is 1. The van der Waals surface area contributed by atoms with E-state index in [4.69, 9.17) is 16.3 Å². The van der Waals surface area contributed by atoms with Gasteiger partial charge in [0.15, 0.2) is 0 Å². The quantitative estimate of drug-likeness (QED) is 0.903. The predicted octanol–water partition coefficient (Wildman–Crippen LogP) is 1.87. The molecular weight excluding hydrogens is 340 g/mol. The second-order valence-corrected chi connectivity index (χ2v) is 7.24. The molecule has 0 unspecified atom stereocenters. The molecule has 134 valence electrons. The van der Waals surface area contributed by atoms with E-state index in [0.29, 0.717) is 34.3 Å². The van der Waals surface area contributed by atoms with Crippen molar-refractivity contribution < 1.29 is 4.74 Å². The average Bonchev–Trinajstić information content (AvgIpc) is 2.62. The van der Waals surface area contributed by atoms with Crippen molar-refractivity contribution in [3.8, 4) is 0 Å². The van der Waals surface area contributed by atoms with Crippen LogP contribution in [-0.4, -0.2) is 64.7 Å². The lowest BCUT2D eigenvalue weighted by atomic mass is 9.98. The fourth-order valence-corrected chi connectivity index (χ4v) is 4.09. The zero-order valence-corrected chi connectivity index (χ0v) is 15.1. The number of halogens is 1. The molecule has 6 nitrogen and oxygen atoms in total. The average molecular weight is 363 g/mol. The number of hydrogen-bond donors (Lipinski definition) is 1. The van der Waals surface area contributed by atoms with Crippen molar-refractivity contribution in [2.24, 2.45) is 0 Å². The first-order valence-corrected chi connectivity index (χ1v) is 9.28. The number of likely N-dealkylation sites (tertiary alicyclic amines) is 1. The standard InChI is InChI=1S/C18H23ClN4O2/c1-2-22-6-5-16-15(10-22)23(7-8-25-16)11-17-20-14-4-3-12(19)9-13(14)18(24)21-17/h3-4,9,15-16H,2,5-8,10-11H2,1H3,(H,20,21,24)/t15-,16+/m0/s1. The maximum absolute atomic E-state index is 12.4. The number of hydrogen-bond acceptors (Lipinski definition) is 5. The summed E-state index contributed by atoms with van der Waals surface area (Å²) in [4.78, 5) is 24.8. The molecule has 3 heterocycles. The zero-order valence-electron chi connectivity index (χ0n) is 14.4. The summed E-state index contributed by atoms with van der Waals surface area (Å²) in [5.74, 6) is 0.703. The topological polar surface area (TPSA) is 61.5 Å². The maximum Gasteiger partial charge on any atom is 0.258 e. The molecule has 2 aromatic rings. The summed E-state index contributed by atoms with van der Waals surface area (Å²) in [5, 5.41) is 1.08. The fraction of sp³-hybridized carbons (Fsp3) is 0.556. The van der Waals surface area contributed by atoms with Crippen molar-refractivity contribution in [1.29, 1.82) is 0 Å². The van der Waals surface area contributed by atoms with E-state index >= 15 is 0 Å². The summed E-state index contributed by atoms with van der Waals surface area (Å²) in [7, 11) is 0. The Kier molecular flexibility index (Phi) is 4.78. The van der Waals surface area contributed by atoms with Crippen LogP contribution >= 0.6 is 11.6 Å². The van der Waals surface area contributed by atoms with Gasteiger partial charge in [0.1, 0.15) is 5.82 Å². The number of H-pyrrole nitrogens is 1. The molecular formula is C18H23ClN4O2. The number of nitrogens with one attached hydrogen (secondary N) is 1. The normalized spacial score (nSPS) is 25.2. The lowest BCUT2D eigenvalue weighted by Gasteiger charge is -2.46. The van der Waals surface area contributed by atoms with Gasteiger partial charge >= 0.3 is 0 Å². The third kappa shape index (κ3) is 3.44. The minimum Gasteiger partial charge on any atom is -0.375 e. The van der Waals surface area contributed by atoms with Gasteiger partial charge in [-0.05, 0) is 31.2 Å². The van der Waals surface area contributed by atoms with Gasteiger partial charge in [-0.3, -0.25) is 9.69 Å². The second kappa shape index (κ2) is 7.03. The van der Waals surface area contributed by atoms with Crippen LogP contribution in [-0.2, 0) is 11.3 Å². The van der Waals surface area contributed by atoms with E-state index in [2.05, 4.69) is 26.7 Å². The number of nitrogens with zero attached hydrogens (tertiary/aromatic N) is 3. The van der Waals surface area contributed by atoms with Crippen LogP contribution in [0.2, 0.25) is 5.02 Å². The van der Waals surface area contributed by atoms with Crippen molar-refractivity contribution in [2.45, 2.75) is 32.0 Å². The number of fused-ring (bicyclic) bond motifs is 2. The van der Waals surface area contributed by atoms with Crippen LogP contribution in [0, 0.1) is 0 Å². The van der Waals surface area contributed by atoms with Gasteiger partial charge in [-0.2, -0.15) is 0 Å². The Labute approximate surface area is 151 Å². The first kappa shape index (κ1) is 17.0. The van der Waals surface area contributed by atoms with Crippen molar-refractivity contribution in [2.75, 3.05) is 32.8 Å². The van der Waals surface area contributed by atoms with Crippen LogP contribution in [0.4, 0.5) is 0 Å². The molecule has 7 heteroatoms. The molecule has 4 rings (SSSR count). The van der Waals surface area contributed by atoms with E-state index in [9.17, 15) is 4.79 Å². The molecule has 1 aromatic heterocycles. The number of aromatic amines is 1. The Morgan fingerprint density at radius 1 is 1.40 bits per heavy atom. The van der Waals surface area contributed by atoms with Crippen LogP contribution in [0.15, 0.2) is 23.0 Å². The SMILES string of the molecule is CCN1CC[C@H]2OCCN(Cc3nc4ccc(Cl)cc4c(=O)[nH]3)[C@H]2C1. The predicted molar refractivity (Wildman–Crippen MR) is 98.0 cm³/mol. The highest BCUT2D eigenvalue weighted by Gasteiger charge is 2.36. The van der Waals surface area contributed by atoms with Crippen LogP contribution < -0.4 is 5.56 Å². The number of rotatable bonds is 3. The Bertz CT molecular complexity index is 824. The van der Waals surface area contributed by atoms with E-state index in [1.165, 1.54) is 0 Å². The zero-order chi connectivity index (χ0) is 17.4. The molecule has 2 atom stereocenters. The van der Waals surface area contributed by atoms with Crippen LogP contribution in [0.25, 0.3) is 10.9 Å². The molecule has 0 bridgehead atoms. The highest BCUT2D eigenvalue weighted by atomic mass is 35.5. The molecule has 0 aliphatic carbocycles. The van der Waals surface area contributed by atoms with Gasteiger partial charge in [0.05, 0.1) is 30.2 Å². The van der Waals surface area contributed by atoms with E-state index in [-0.39, 0.29) is 11.7 Å². The van der Waals surface area contributed by atoms with Crippen molar-refractivity contribution in [3.63, 3.8) is 0 Å². The van der Waals surface area contributed by atoms with Crippen molar-refractivity contribution >= 4 is 22.5 Å². The number of morpholine rings is 1. The summed E-state index contributed by atoms with van der Waals surface area (Å²) in [5.41, 5.74) is 0.554.